The quantitative estimate of drug-likeness (QED) is 0.519. The molecule has 1 aliphatic carbocycles. The van der Waals surface area contributed by atoms with Crippen LogP contribution in [0.2, 0.25) is 0 Å². The van der Waals surface area contributed by atoms with Crippen molar-refractivity contribution in [2.45, 2.75) is 24.2 Å². The number of carbonyl (C=O) groups is 1. The smallest absolute Gasteiger partial charge is 0.226 e. The standard InChI is InChI=1S/C21H22N6O2S2/c28-21(27-5-7-29-8-6-27)12-1-3-14-16(9-12)30-20-18(14)19(22-11-23-20)24-13-2-4-15-17(10-13)31-26-25-15/h2,4,10-12,25-26H,1,3,5-9H2,(H,22,23,24). The molecule has 1 atom stereocenters. The van der Waals surface area contributed by atoms with Gasteiger partial charge < -0.3 is 20.4 Å². The second-order valence-corrected chi connectivity index (χ2v) is 9.88. The first-order valence-corrected chi connectivity index (χ1v) is 12.1. The Morgan fingerprint density at radius 1 is 1.26 bits per heavy atom. The third-order valence-electron chi connectivity index (χ3n) is 6.11. The van der Waals surface area contributed by atoms with E-state index in [2.05, 4.69) is 31.6 Å². The van der Waals surface area contributed by atoms with Crippen molar-refractivity contribution in [3.05, 3.63) is 35.0 Å². The molecule has 0 saturated carbocycles. The van der Waals surface area contributed by atoms with Crippen LogP contribution >= 0.6 is 23.3 Å². The SMILES string of the molecule is O=C(C1CCc2c(sc3ncnc(Nc4ccc5c(c4)SNN5)c23)C1)N1CCOCC1. The minimum Gasteiger partial charge on any atom is -0.378 e. The van der Waals surface area contributed by atoms with Crippen molar-refractivity contribution in [2.75, 3.05) is 37.0 Å². The third kappa shape index (κ3) is 3.53. The van der Waals surface area contributed by atoms with E-state index in [1.807, 2.05) is 17.0 Å². The van der Waals surface area contributed by atoms with E-state index >= 15 is 0 Å². The van der Waals surface area contributed by atoms with Crippen LogP contribution < -0.4 is 15.6 Å². The molecule has 0 radical (unpaired) electrons. The first-order chi connectivity index (χ1) is 15.3. The molecule has 3 N–H and O–H groups in total. The Balaban J connectivity index is 1.28. The summed E-state index contributed by atoms with van der Waals surface area (Å²) in [4.78, 5) is 30.5. The summed E-state index contributed by atoms with van der Waals surface area (Å²) in [5, 5.41) is 4.60. The van der Waals surface area contributed by atoms with Crippen LogP contribution in [-0.4, -0.2) is 47.1 Å². The molecule has 160 valence electrons. The number of benzene rings is 1. The van der Waals surface area contributed by atoms with Gasteiger partial charge in [0.05, 0.1) is 29.2 Å². The molecule has 6 rings (SSSR count). The van der Waals surface area contributed by atoms with Gasteiger partial charge in [0.25, 0.3) is 0 Å². The maximum atomic E-state index is 13.0. The summed E-state index contributed by atoms with van der Waals surface area (Å²) in [5.74, 6) is 1.16. The molecular formula is C21H22N6O2S2. The number of nitrogens with one attached hydrogen (secondary N) is 3. The van der Waals surface area contributed by atoms with E-state index in [0.29, 0.717) is 26.3 Å². The molecule has 1 amide bonds. The van der Waals surface area contributed by atoms with Crippen LogP contribution in [-0.2, 0) is 22.4 Å². The van der Waals surface area contributed by atoms with Gasteiger partial charge in [0.15, 0.2) is 0 Å². The molecule has 2 aromatic heterocycles. The molecule has 8 nitrogen and oxygen atoms in total. The fourth-order valence-corrected chi connectivity index (χ4v) is 6.47. The second-order valence-electron chi connectivity index (χ2n) is 7.95. The number of hydrogen-bond acceptors (Lipinski definition) is 9. The van der Waals surface area contributed by atoms with Crippen molar-refractivity contribution in [1.29, 1.82) is 0 Å². The lowest BCUT2D eigenvalue weighted by molar-refractivity contribution is -0.140. The van der Waals surface area contributed by atoms with E-state index in [1.165, 1.54) is 10.4 Å². The molecule has 3 aromatic rings. The topological polar surface area (TPSA) is 91.4 Å². The highest BCUT2D eigenvalue weighted by Gasteiger charge is 2.32. The highest BCUT2D eigenvalue weighted by Crippen LogP contribution is 2.41. The monoisotopic (exact) mass is 454 g/mol. The predicted molar refractivity (Wildman–Crippen MR) is 123 cm³/mol. The number of fused-ring (bicyclic) bond motifs is 4. The van der Waals surface area contributed by atoms with Gasteiger partial charge in [-0.15, -0.1) is 11.3 Å². The number of carbonyl (C=O) groups excluding carboxylic acids is 1. The molecule has 0 bridgehead atoms. The number of thiophene rings is 1. The summed E-state index contributed by atoms with van der Waals surface area (Å²) in [6.07, 6.45) is 4.16. The summed E-state index contributed by atoms with van der Waals surface area (Å²) in [7, 11) is 0. The van der Waals surface area contributed by atoms with E-state index in [9.17, 15) is 4.79 Å². The Morgan fingerprint density at radius 3 is 3.06 bits per heavy atom. The zero-order chi connectivity index (χ0) is 20.8. The maximum absolute atomic E-state index is 13.0. The molecular weight excluding hydrogens is 432 g/mol. The van der Waals surface area contributed by atoms with Gasteiger partial charge >= 0.3 is 0 Å². The number of ether oxygens (including phenoxy) is 1. The van der Waals surface area contributed by atoms with Gasteiger partial charge in [-0.3, -0.25) is 4.79 Å². The highest BCUT2D eigenvalue weighted by atomic mass is 32.2. The van der Waals surface area contributed by atoms with Crippen LogP contribution in [0.4, 0.5) is 17.2 Å². The van der Waals surface area contributed by atoms with Crippen LogP contribution in [0, 0.1) is 5.92 Å². The van der Waals surface area contributed by atoms with Crippen LogP contribution in [0.15, 0.2) is 29.4 Å². The van der Waals surface area contributed by atoms with E-state index < -0.39 is 0 Å². The fraction of sp³-hybridized carbons (Fsp3) is 0.381. The molecule has 1 saturated heterocycles. The van der Waals surface area contributed by atoms with Crippen molar-refractivity contribution in [3.8, 4) is 0 Å². The molecule has 1 aromatic carbocycles. The zero-order valence-electron chi connectivity index (χ0n) is 16.8. The van der Waals surface area contributed by atoms with E-state index in [4.69, 9.17) is 4.74 Å². The average Bonchev–Trinajstić information content (AvgIpc) is 3.43. The van der Waals surface area contributed by atoms with Crippen molar-refractivity contribution in [2.24, 2.45) is 5.92 Å². The molecule has 31 heavy (non-hydrogen) atoms. The van der Waals surface area contributed by atoms with Gasteiger partial charge in [0.2, 0.25) is 5.91 Å². The molecule has 1 unspecified atom stereocenters. The van der Waals surface area contributed by atoms with Gasteiger partial charge in [-0.25, -0.2) is 9.97 Å². The first kappa shape index (κ1) is 19.3. The lowest BCUT2D eigenvalue weighted by Crippen LogP contribution is -2.44. The largest absolute Gasteiger partial charge is 0.378 e. The molecule has 1 fully saturated rings. The first-order valence-electron chi connectivity index (χ1n) is 10.5. The Kier molecular flexibility index (Phi) is 4.94. The molecule has 2 aliphatic heterocycles. The van der Waals surface area contributed by atoms with E-state index in [0.717, 1.165) is 51.6 Å². The number of aromatic nitrogens is 2. The average molecular weight is 455 g/mol. The Labute approximate surface area is 187 Å². The lowest BCUT2D eigenvalue weighted by Gasteiger charge is -2.31. The summed E-state index contributed by atoms with van der Waals surface area (Å²) < 4.78 is 5.40. The van der Waals surface area contributed by atoms with Gasteiger partial charge in [-0.1, -0.05) is 0 Å². The van der Waals surface area contributed by atoms with Gasteiger partial charge in [0, 0.05) is 29.6 Å². The van der Waals surface area contributed by atoms with Crippen molar-refractivity contribution in [1.82, 2.24) is 19.7 Å². The number of nitrogens with zero attached hydrogens (tertiary/aromatic N) is 3. The highest BCUT2D eigenvalue weighted by molar-refractivity contribution is 7.98. The summed E-state index contributed by atoms with van der Waals surface area (Å²) >= 11 is 3.26. The number of hydrazine groups is 1. The molecule has 0 spiro atoms. The van der Waals surface area contributed by atoms with Crippen molar-refractivity contribution >= 4 is 56.6 Å². The summed E-state index contributed by atoms with van der Waals surface area (Å²) in [5.41, 5.74) is 6.49. The minimum atomic E-state index is 0.0526. The third-order valence-corrected chi connectivity index (χ3v) is 8.03. The predicted octanol–water partition coefficient (Wildman–Crippen LogP) is 3.34. The number of morpholine rings is 1. The van der Waals surface area contributed by atoms with Crippen LogP contribution in [0.5, 0.6) is 0 Å². The van der Waals surface area contributed by atoms with Gasteiger partial charge in [0.1, 0.15) is 17.0 Å². The number of amides is 1. The Hall–Kier alpha value is -2.40. The van der Waals surface area contributed by atoms with E-state index in [1.54, 1.807) is 29.6 Å². The van der Waals surface area contributed by atoms with Crippen molar-refractivity contribution in [3.63, 3.8) is 0 Å². The number of anilines is 3. The normalized spacial score (nSPS) is 20.3. The molecule has 10 heteroatoms. The Bertz CT molecular complexity index is 1160. The minimum absolute atomic E-state index is 0.0526. The number of aryl methyl sites for hydroxylation is 1. The summed E-state index contributed by atoms with van der Waals surface area (Å²) in [6, 6.07) is 6.20. The van der Waals surface area contributed by atoms with Crippen LogP contribution in [0.3, 0.4) is 0 Å². The lowest BCUT2D eigenvalue weighted by atomic mass is 9.86. The summed E-state index contributed by atoms with van der Waals surface area (Å²) in [6.45, 7) is 2.70. The van der Waals surface area contributed by atoms with Gasteiger partial charge in [-0.05, 0) is 55.0 Å². The van der Waals surface area contributed by atoms with Gasteiger partial charge in [-0.2, -0.15) is 4.83 Å². The fourth-order valence-electron chi connectivity index (χ4n) is 4.52. The van der Waals surface area contributed by atoms with Crippen LogP contribution in [0.1, 0.15) is 16.9 Å². The molecule has 4 heterocycles. The van der Waals surface area contributed by atoms with Crippen molar-refractivity contribution < 1.29 is 9.53 Å². The molecule has 3 aliphatic rings. The maximum Gasteiger partial charge on any atom is 0.226 e. The van der Waals surface area contributed by atoms with Crippen LogP contribution in [0.25, 0.3) is 10.2 Å². The Morgan fingerprint density at radius 2 is 2.16 bits per heavy atom. The zero-order valence-corrected chi connectivity index (χ0v) is 18.4. The van der Waals surface area contributed by atoms with E-state index in [-0.39, 0.29) is 11.8 Å². The number of hydrogen-bond donors (Lipinski definition) is 3. The number of rotatable bonds is 3. The second kappa shape index (κ2) is 7.94.